The molecular weight excluding hydrogens is 935 g/mol. The Kier molecular flexibility index (Phi) is 28.2. The minimum atomic E-state index is -1.79. The van der Waals surface area contributed by atoms with Gasteiger partial charge in [0.15, 0.2) is 0 Å². The lowest BCUT2D eigenvalue weighted by molar-refractivity contribution is -0.144. The molecule has 0 spiro atoms. The van der Waals surface area contributed by atoms with Crippen LogP contribution in [0.15, 0.2) is 0 Å². The molecule has 10 atom stereocenters. The smallest absolute Gasteiger partial charge is 0.326 e. The molecule has 26 heteroatoms. The SMILES string of the molecule is CC(C)CC(NC(=O)C(CCC(=O)O)NC(=O)C(CCC(N)=O)NC(=O)C(CC(C)C)NC(=O)C(N)C(C)C)C(=O)NC(CC(N)=O)C(=O)NC(C(=O)NC(C(=O)NC(C(=O)O)C(C)C)C(C)O)C(C)C. The molecule has 0 saturated carbocycles. The zero-order valence-corrected chi connectivity index (χ0v) is 42.6. The molecule has 0 aliphatic rings. The molecule has 26 nitrogen and oxygen atoms in total. The number of nitrogens with two attached hydrogens (primary N) is 3. The number of aliphatic hydroxyl groups is 1. The molecule has 0 aromatic carbocycles. The average molecular weight is 1010 g/mol. The van der Waals surface area contributed by atoms with E-state index in [1.54, 1.807) is 41.5 Å². The van der Waals surface area contributed by atoms with Gasteiger partial charge in [-0.25, -0.2) is 4.79 Å². The van der Waals surface area contributed by atoms with Crippen molar-refractivity contribution >= 4 is 71.0 Å². The molecule has 0 radical (unpaired) electrons. The number of amides is 10. The molecule has 0 aliphatic heterocycles. The van der Waals surface area contributed by atoms with Crippen LogP contribution >= 0.6 is 0 Å². The molecule has 71 heavy (non-hydrogen) atoms. The molecule has 0 bridgehead atoms. The van der Waals surface area contributed by atoms with Crippen molar-refractivity contribution in [2.24, 2.45) is 46.8 Å². The van der Waals surface area contributed by atoms with Gasteiger partial charge in [-0.05, 0) is 62.2 Å². The second kappa shape index (κ2) is 31.0. The van der Waals surface area contributed by atoms with Crippen molar-refractivity contribution in [3.05, 3.63) is 0 Å². The first-order valence-corrected chi connectivity index (χ1v) is 23.6. The predicted molar refractivity (Wildman–Crippen MR) is 255 cm³/mol. The van der Waals surface area contributed by atoms with Gasteiger partial charge in [-0.15, -0.1) is 0 Å². The summed E-state index contributed by atoms with van der Waals surface area (Å²) in [5.74, 6) is -14.7. The summed E-state index contributed by atoms with van der Waals surface area (Å²) in [6.07, 6.45) is -4.49. The van der Waals surface area contributed by atoms with E-state index >= 15 is 0 Å². The summed E-state index contributed by atoms with van der Waals surface area (Å²) in [4.78, 5) is 156. The lowest BCUT2D eigenvalue weighted by atomic mass is 9.99. The third-order valence-electron chi connectivity index (χ3n) is 10.9. The molecule has 0 saturated heterocycles. The minimum Gasteiger partial charge on any atom is -0.481 e. The Balaban J connectivity index is 6.73. The summed E-state index contributed by atoms with van der Waals surface area (Å²) < 4.78 is 0. The molecule has 10 unspecified atom stereocenters. The van der Waals surface area contributed by atoms with Crippen molar-refractivity contribution in [3.8, 4) is 0 Å². The van der Waals surface area contributed by atoms with Crippen LogP contribution in [-0.2, 0) is 57.5 Å². The summed E-state index contributed by atoms with van der Waals surface area (Å²) in [5, 5.41) is 48.6. The number of hydrogen-bond acceptors (Lipinski definition) is 14. The van der Waals surface area contributed by atoms with E-state index in [2.05, 4.69) is 42.5 Å². The van der Waals surface area contributed by atoms with Gasteiger partial charge in [-0.1, -0.05) is 69.2 Å². The van der Waals surface area contributed by atoms with Crippen LogP contribution < -0.4 is 59.7 Å². The van der Waals surface area contributed by atoms with Crippen molar-refractivity contribution in [1.82, 2.24) is 42.5 Å². The Hall–Kier alpha value is -6.44. The van der Waals surface area contributed by atoms with Gasteiger partial charge in [-0.3, -0.25) is 52.7 Å². The first-order chi connectivity index (χ1) is 32.7. The van der Waals surface area contributed by atoms with Gasteiger partial charge in [0.25, 0.3) is 0 Å². The second-order valence-corrected chi connectivity index (χ2v) is 19.5. The summed E-state index contributed by atoms with van der Waals surface area (Å²) in [7, 11) is 0. The zero-order chi connectivity index (χ0) is 55.2. The van der Waals surface area contributed by atoms with Gasteiger partial charge in [0.1, 0.15) is 48.3 Å². The molecule has 0 aromatic heterocycles. The van der Waals surface area contributed by atoms with E-state index in [9.17, 15) is 72.9 Å². The van der Waals surface area contributed by atoms with Crippen molar-refractivity contribution in [2.45, 2.75) is 182 Å². The van der Waals surface area contributed by atoms with Crippen LogP contribution in [0, 0.1) is 29.6 Å². The van der Waals surface area contributed by atoms with E-state index in [1.165, 1.54) is 27.7 Å². The van der Waals surface area contributed by atoms with Crippen LogP contribution in [0.2, 0.25) is 0 Å². The number of aliphatic hydroxyl groups excluding tert-OH is 1. The third kappa shape index (κ3) is 24.3. The topological polar surface area (TPSA) is 440 Å². The van der Waals surface area contributed by atoms with Gasteiger partial charge >= 0.3 is 11.9 Å². The van der Waals surface area contributed by atoms with Crippen LogP contribution in [0.4, 0.5) is 0 Å². The number of nitrogens with one attached hydrogen (secondary N) is 8. The number of hydrogen-bond donors (Lipinski definition) is 14. The van der Waals surface area contributed by atoms with Crippen molar-refractivity contribution in [1.29, 1.82) is 0 Å². The molecular formula is C45H79N11O15. The Morgan fingerprint density at radius 1 is 0.408 bits per heavy atom. The summed E-state index contributed by atoms with van der Waals surface area (Å²) in [6.45, 7) is 17.5. The lowest BCUT2D eigenvalue weighted by Crippen LogP contribution is -2.62. The number of carboxylic acid groups (broad SMARTS) is 2. The molecule has 17 N–H and O–H groups in total. The van der Waals surface area contributed by atoms with Crippen LogP contribution in [-0.4, -0.2) is 147 Å². The summed E-state index contributed by atoms with van der Waals surface area (Å²) >= 11 is 0. The highest BCUT2D eigenvalue weighted by atomic mass is 16.4. The van der Waals surface area contributed by atoms with E-state index < -0.39 is 175 Å². The lowest BCUT2D eigenvalue weighted by Gasteiger charge is -2.30. The van der Waals surface area contributed by atoms with Crippen LogP contribution in [0.3, 0.4) is 0 Å². The van der Waals surface area contributed by atoms with Gasteiger partial charge in [0, 0.05) is 12.8 Å². The van der Waals surface area contributed by atoms with Gasteiger partial charge in [0.05, 0.1) is 18.6 Å². The van der Waals surface area contributed by atoms with E-state index in [-0.39, 0.29) is 30.6 Å². The van der Waals surface area contributed by atoms with Crippen molar-refractivity contribution in [3.63, 3.8) is 0 Å². The first kappa shape index (κ1) is 64.6. The number of rotatable bonds is 33. The largest absolute Gasteiger partial charge is 0.481 e. The molecule has 0 fully saturated rings. The maximum Gasteiger partial charge on any atom is 0.326 e. The normalized spacial score (nSPS) is 15.6. The fourth-order valence-corrected chi connectivity index (χ4v) is 6.76. The zero-order valence-electron chi connectivity index (χ0n) is 42.6. The van der Waals surface area contributed by atoms with Crippen LogP contribution in [0.1, 0.15) is 121 Å². The van der Waals surface area contributed by atoms with E-state index in [0.717, 1.165) is 6.92 Å². The Morgan fingerprint density at radius 3 is 1.13 bits per heavy atom. The Labute approximate surface area is 414 Å². The highest BCUT2D eigenvalue weighted by Gasteiger charge is 2.38. The number of carbonyl (C=O) groups is 12. The van der Waals surface area contributed by atoms with Crippen LogP contribution in [0.25, 0.3) is 0 Å². The standard InChI is InChI=1S/C45H79N11O15/c1-19(2)16-27(40(65)52-29(18-31(47)59)41(66)54-34(22(7)8)43(68)56-36(24(11)57)44(69)55-35(23(9)10)45(70)71)51-38(63)26(13-15-32(60)61)49-37(62)25(12-14-30(46)58)50-39(64)28(17-20(3)4)53-42(67)33(48)21(5)6/h19-29,33-36,57H,12-18,48H2,1-11H3,(H2,46,58)(H2,47,59)(H,49,62)(H,50,64)(H,51,63)(H,52,65)(H,53,67)(H,54,66)(H,55,69)(H,56,68)(H,60,61)(H,70,71). The Bertz CT molecular complexity index is 1890. The van der Waals surface area contributed by atoms with Crippen LogP contribution in [0.5, 0.6) is 0 Å². The molecule has 0 aliphatic carbocycles. The predicted octanol–water partition coefficient (Wildman–Crippen LogP) is -3.28. The molecule has 0 rings (SSSR count). The highest BCUT2D eigenvalue weighted by molar-refractivity contribution is 5.99. The fraction of sp³-hybridized carbons (Fsp3) is 0.733. The summed E-state index contributed by atoms with van der Waals surface area (Å²) in [5.41, 5.74) is 16.8. The maximum atomic E-state index is 14.0. The number of aliphatic carboxylic acids is 2. The van der Waals surface area contributed by atoms with E-state index in [1.807, 2.05) is 0 Å². The Morgan fingerprint density at radius 2 is 0.761 bits per heavy atom. The second-order valence-electron chi connectivity index (χ2n) is 19.5. The molecule has 10 amide bonds. The number of carbonyl (C=O) groups excluding carboxylic acids is 10. The van der Waals surface area contributed by atoms with E-state index in [4.69, 9.17) is 17.2 Å². The number of carboxylic acids is 2. The monoisotopic (exact) mass is 1010 g/mol. The quantitative estimate of drug-likeness (QED) is 0.0307. The average Bonchev–Trinajstić information content (AvgIpc) is 3.23. The maximum absolute atomic E-state index is 14.0. The minimum absolute atomic E-state index is 0.103. The fourth-order valence-electron chi connectivity index (χ4n) is 6.76. The summed E-state index contributed by atoms with van der Waals surface area (Å²) in [6, 6.07) is -13.3. The molecule has 404 valence electrons. The third-order valence-corrected chi connectivity index (χ3v) is 10.9. The molecule has 0 heterocycles. The first-order valence-electron chi connectivity index (χ1n) is 23.6. The van der Waals surface area contributed by atoms with E-state index in [0.29, 0.717) is 0 Å². The van der Waals surface area contributed by atoms with Crippen molar-refractivity contribution < 1.29 is 72.9 Å². The van der Waals surface area contributed by atoms with Gasteiger partial charge in [0.2, 0.25) is 59.1 Å². The van der Waals surface area contributed by atoms with Gasteiger partial charge in [-0.2, -0.15) is 0 Å². The van der Waals surface area contributed by atoms with Crippen molar-refractivity contribution in [2.75, 3.05) is 0 Å². The highest BCUT2D eigenvalue weighted by Crippen LogP contribution is 2.13. The van der Waals surface area contributed by atoms with Gasteiger partial charge < -0.3 is 75.1 Å². The molecule has 0 aromatic rings. The number of primary amides is 2.